The van der Waals surface area contributed by atoms with Crippen LogP contribution in [0.15, 0.2) is 35.0 Å². The minimum Gasteiger partial charge on any atom is -0.334 e. The third-order valence-corrected chi connectivity index (χ3v) is 3.54. The van der Waals surface area contributed by atoms with E-state index in [0.29, 0.717) is 23.3 Å². The smallest absolute Gasteiger partial charge is 0.259 e. The van der Waals surface area contributed by atoms with Gasteiger partial charge in [-0.25, -0.2) is 4.68 Å². The van der Waals surface area contributed by atoms with Crippen LogP contribution in [-0.4, -0.2) is 30.5 Å². The Balaban J connectivity index is 1.77. The average molecular weight is 369 g/mol. The Bertz CT molecular complexity index is 742. The van der Waals surface area contributed by atoms with Crippen molar-refractivity contribution < 1.29 is 4.52 Å². The Morgan fingerprint density at radius 1 is 1.29 bits per heavy atom. The van der Waals surface area contributed by atoms with Gasteiger partial charge in [-0.15, -0.1) is 5.10 Å². The molecule has 0 aliphatic heterocycles. The predicted octanol–water partition coefficient (Wildman–Crippen LogP) is 2.97. The Morgan fingerprint density at radius 2 is 2.14 bits per heavy atom. The van der Waals surface area contributed by atoms with E-state index < -0.39 is 0 Å². The van der Waals surface area contributed by atoms with Crippen LogP contribution in [0.25, 0.3) is 11.5 Å². The highest BCUT2D eigenvalue weighted by molar-refractivity contribution is 9.09. The summed E-state index contributed by atoms with van der Waals surface area (Å²) in [7, 11) is 0. The monoisotopic (exact) mass is 367 g/mol. The van der Waals surface area contributed by atoms with E-state index in [2.05, 4.69) is 36.4 Å². The van der Waals surface area contributed by atoms with Gasteiger partial charge in [-0.3, -0.25) is 0 Å². The van der Waals surface area contributed by atoms with Crippen LogP contribution in [0.3, 0.4) is 0 Å². The first kappa shape index (κ1) is 14.2. The van der Waals surface area contributed by atoms with Crippen LogP contribution in [0.5, 0.6) is 0 Å². The first-order valence-electron chi connectivity index (χ1n) is 6.28. The second kappa shape index (κ2) is 6.36. The molecule has 0 aliphatic carbocycles. The molecule has 0 bridgehead atoms. The lowest BCUT2D eigenvalue weighted by atomic mass is 10.2. The van der Waals surface area contributed by atoms with Gasteiger partial charge in [-0.05, 0) is 12.1 Å². The summed E-state index contributed by atoms with van der Waals surface area (Å²) in [6.45, 7) is 0.406. The van der Waals surface area contributed by atoms with Gasteiger partial charge in [0.2, 0.25) is 0 Å². The molecule has 3 rings (SSSR count). The van der Waals surface area contributed by atoms with Gasteiger partial charge < -0.3 is 4.52 Å². The molecule has 3 aromatic rings. The Kier molecular flexibility index (Phi) is 4.31. The third kappa shape index (κ3) is 3.30. The van der Waals surface area contributed by atoms with E-state index in [1.165, 1.54) is 0 Å². The molecule has 0 fully saturated rings. The molecule has 108 valence electrons. The van der Waals surface area contributed by atoms with Gasteiger partial charge in [0.25, 0.3) is 5.89 Å². The van der Waals surface area contributed by atoms with Gasteiger partial charge >= 0.3 is 0 Å². The van der Waals surface area contributed by atoms with Crippen molar-refractivity contribution in [2.45, 2.75) is 13.0 Å². The first-order valence-corrected chi connectivity index (χ1v) is 7.78. The van der Waals surface area contributed by atoms with Gasteiger partial charge in [0.1, 0.15) is 6.54 Å². The van der Waals surface area contributed by atoms with Crippen molar-refractivity contribution in [3.8, 4) is 11.5 Å². The molecule has 0 saturated heterocycles. The van der Waals surface area contributed by atoms with Crippen molar-refractivity contribution in [1.29, 1.82) is 0 Å². The number of alkyl halides is 1. The van der Waals surface area contributed by atoms with Crippen molar-refractivity contribution in [1.82, 2.24) is 25.1 Å². The van der Waals surface area contributed by atoms with E-state index >= 15 is 0 Å². The number of hydrogen-bond donors (Lipinski definition) is 0. The van der Waals surface area contributed by atoms with Gasteiger partial charge in [-0.1, -0.05) is 50.0 Å². The quantitative estimate of drug-likeness (QED) is 0.648. The Hall–Kier alpha value is -1.73. The minimum atomic E-state index is 0.399. The number of nitrogens with zero attached hydrogens (tertiary/aromatic N) is 5. The van der Waals surface area contributed by atoms with Gasteiger partial charge in [0.05, 0.1) is 16.3 Å². The summed E-state index contributed by atoms with van der Waals surface area (Å²) in [6, 6.07) is 7.34. The van der Waals surface area contributed by atoms with Crippen LogP contribution in [-0.2, 0) is 13.0 Å². The fourth-order valence-electron chi connectivity index (χ4n) is 1.83. The van der Waals surface area contributed by atoms with E-state index in [9.17, 15) is 0 Å². The lowest BCUT2D eigenvalue weighted by Gasteiger charge is -1.96. The molecule has 1 aromatic carbocycles. The highest BCUT2D eigenvalue weighted by Crippen LogP contribution is 2.25. The zero-order valence-electron chi connectivity index (χ0n) is 10.9. The number of benzene rings is 1. The van der Waals surface area contributed by atoms with Crippen LogP contribution in [0.1, 0.15) is 11.5 Å². The first-order chi connectivity index (χ1) is 10.3. The molecule has 2 aromatic heterocycles. The number of aromatic nitrogens is 5. The molecule has 8 heteroatoms. The van der Waals surface area contributed by atoms with E-state index in [1.807, 2.05) is 24.4 Å². The number of hydrogen-bond acceptors (Lipinski definition) is 5. The van der Waals surface area contributed by atoms with Crippen LogP contribution < -0.4 is 0 Å². The average Bonchev–Trinajstić information content (AvgIpc) is 3.10. The number of halogens is 2. The third-order valence-electron chi connectivity index (χ3n) is 2.81. The molecule has 0 aliphatic rings. The highest BCUT2D eigenvalue weighted by Gasteiger charge is 2.12. The molecule has 21 heavy (non-hydrogen) atoms. The lowest BCUT2D eigenvalue weighted by molar-refractivity contribution is 0.418. The Labute approximate surface area is 134 Å². The molecule has 0 radical (unpaired) electrons. The molecule has 0 spiro atoms. The zero-order chi connectivity index (χ0) is 14.7. The van der Waals surface area contributed by atoms with Crippen molar-refractivity contribution in [2.75, 3.05) is 5.33 Å². The van der Waals surface area contributed by atoms with Gasteiger partial charge in [0.15, 0.2) is 5.82 Å². The fourth-order valence-corrected chi connectivity index (χ4v) is 2.46. The summed E-state index contributed by atoms with van der Waals surface area (Å²) in [4.78, 5) is 4.33. The summed E-state index contributed by atoms with van der Waals surface area (Å²) < 4.78 is 6.92. The summed E-state index contributed by atoms with van der Waals surface area (Å²) in [6.07, 6.45) is 2.70. The van der Waals surface area contributed by atoms with Crippen molar-refractivity contribution >= 4 is 27.5 Å². The minimum absolute atomic E-state index is 0.399. The van der Waals surface area contributed by atoms with Crippen molar-refractivity contribution in [3.05, 3.63) is 47.0 Å². The Morgan fingerprint density at radius 3 is 2.95 bits per heavy atom. The van der Waals surface area contributed by atoms with Crippen LogP contribution >= 0.6 is 27.5 Å². The maximum Gasteiger partial charge on any atom is 0.259 e. The van der Waals surface area contributed by atoms with Crippen LogP contribution in [0.4, 0.5) is 0 Å². The molecule has 6 nitrogen and oxygen atoms in total. The topological polar surface area (TPSA) is 69.6 Å². The molecule has 0 saturated carbocycles. The maximum absolute atomic E-state index is 6.11. The summed E-state index contributed by atoms with van der Waals surface area (Å²) >= 11 is 9.48. The highest BCUT2D eigenvalue weighted by atomic mass is 79.9. The van der Waals surface area contributed by atoms with Crippen LogP contribution in [0.2, 0.25) is 5.02 Å². The number of aryl methyl sites for hydroxylation is 1. The molecular weight excluding hydrogens is 358 g/mol. The molecule has 2 heterocycles. The van der Waals surface area contributed by atoms with E-state index in [0.717, 1.165) is 23.0 Å². The maximum atomic E-state index is 6.11. The van der Waals surface area contributed by atoms with Crippen LogP contribution in [0, 0.1) is 0 Å². The van der Waals surface area contributed by atoms with Crippen molar-refractivity contribution in [3.63, 3.8) is 0 Å². The second-order valence-corrected chi connectivity index (χ2v) is 5.54. The number of rotatable bonds is 5. The predicted molar refractivity (Wildman–Crippen MR) is 81.4 cm³/mol. The molecular formula is C13H11BrClN5O. The second-order valence-electron chi connectivity index (χ2n) is 4.34. The zero-order valence-corrected chi connectivity index (χ0v) is 13.3. The van der Waals surface area contributed by atoms with Gasteiger partial charge in [-0.2, -0.15) is 4.98 Å². The van der Waals surface area contributed by atoms with E-state index in [1.54, 1.807) is 10.7 Å². The largest absolute Gasteiger partial charge is 0.334 e. The fraction of sp³-hybridized carbons (Fsp3) is 0.231. The van der Waals surface area contributed by atoms with Crippen molar-refractivity contribution in [2.24, 2.45) is 0 Å². The summed E-state index contributed by atoms with van der Waals surface area (Å²) in [5, 5.41) is 13.5. The van der Waals surface area contributed by atoms with E-state index in [4.69, 9.17) is 16.1 Å². The van der Waals surface area contributed by atoms with Gasteiger partial charge in [0, 0.05) is 17.9 Å². The SMILES string of the molecule is Clc1ccccc1-c1nc(Cn2cc(CCBr)nn2)no1. The molecule has 0 amide bonds. The lowest BCUT2D eigenvalue weighted by Crippen LogP contribution is -2.02. The molecule has 0 unspecified atom stereocenters. The van der Waals surface area contributed by atoms with E-state index in [-0.39, 0.29) is 0 Å². The summed E-state index contributed by atoms with van der Waals surface area (Å²) in [5.41, 5.74) is 1.64. The normalized spacial score (nSPS) is 11.0. The standard InChI is InChI=1S/C13H11BrClN5O/c14-6-5-9-7-20(19-17-9)8-12-16-13(21-18-12)10-3-1-2-4-11(10)15/h1-4,7H,5-6,8H2. The molecule has 0 N–H and O–H groups in total. The summed E-state index contributed by atoms with van der Waals surface area (Å²) in [5.74, 6) is 0.927. The molecule has 0 atom stereocenters.